The molecule has 6 nitrogen and oxygen atoms in total. The summed E-state index contributed by atoms with van der Waals surface area (Å²) in [5, 5.41) is 8.89. The number of pyridine rings is 1. The van der Waals surface area contributed by atoms with Crippen LogP contribution in [0, 0.1) is 0 Å². The van der Waals surface area contributed by atoms with Crippen LogP contribution >= 0.6 is 0 Å². The molecule has 0 amide bonds. The van der Waals surface area contributed by atoms with E-state index in [-0.39, 0.29) is 6.54 Å². The second-order valence-corrected chi connectivity index (χ2v) is 4.60. The highest BCUT2D eigenvalue weighted by Crippen LogP contribution is 2.08. The van der Waals surface area contributed by atoms with Gasteiger partial charge in [-0.2, -0.15) is 0 Å². The Balaban J connectivity index is 2.03. The highest BCUT2D eigenvalue weighted by Gasteiger charge is 2.09. The second kappa shape index (κ2) is 6.81. The van der Waals surface area contributed by atoms with Crippen LogP contribution in [-0.2, 0) is 11.3 Å². The quantitative estimate of drug-likeness (QED) is 0.829. The minimum absolute atomic E-state index is 0.0527. The fourth-order valence-electron chi connectivity index (χ4n) is 2.04. The van der Waals surface area contributed by atoms with Crippen LogP contribution in [0.1, 0.15) is 18.9 Å². The van der Waals surface area contributed by atoms with Crippen LogP contribution in [0.4, 0.5) is 0 Å². The summed E-state index contributed by atoms with van der Waals surface area (Å²) in [5.74, 6) is -0.00651. The number of imidazole rings is 1. The van der Waals surface area contributed by atoms with E-state index < -0.39 is 5.97 Å². The maximum atomic E-state index is 10.8. The van der Waals surface area contributed by atoms with Gasteiger partial charge in [0.05, 0.1) is 6.54 Å². The molecule has 0 unspecified atom stereocenters. The number of rotatable bonds is 7. The molecule has 0 aliphatic rings. The lowest BCUT2D eigenvalue weighted by Crippen LogP contribution is -2.30. The Morgan fingerprint density at radius 3 is 2.85 bits per heavy atom. The van der Waals surface area contributed by atoms with Crippen molar-refractivity contribution in [2.75, 3.05) is 13.1 Å². The van der Waals surface area contributed by atoms with Gasteiger partial charge in [0.2, 0.25) is 0 Å². The van der Waals surface area contributed by atoms with Gasteiger partial charge in [-0.25, -0.2) is 9.97 Å². The highest BCUT2D eigenvalue weighted by molar-refractivity contribution is 5.69. The Morgan fingerprint density at radius 1 is 1.45 bits per heavy atom. The summed E-state index contributed by atoms with van der Waals surface area (Å²) in [5.41, 5.74) is 1.00. The molecule has 0 saturated carbocycles. The molecule has 1 N–H and O–H groups in total. The van der Waals surface area contributed by atoms with Gasteiger partial charge in [0.15, 0.2) is 0 Å². The fraction of sp³-hybridized carbons (Fsp3) is 0.357. The molecule has 0 bridgehead atoms. The number of carboxylic acids is 1. The summed E-state index contributed by atoms with van der Waals surface area (Å²) in [6.07, 6.45) is 7.92. The third-order valence-corrected chi connectivity index (χ3v) is 2.88. The van der Waals surface area contributed by atoms with Gasteiger partial charge in [-0.05, 0) is 24.6 Å². The third-order valence-electron chi connectivity index (χ3n) is 2.88. The van der Waals surface area contributed by atoms with Gasteiger partial charge >= 0.3 is 5.97 Å². The molecule has 0 atom stereocenters. The summed E-state index contributed by atoms with van der Waals surface area (Å²) in [6, 6.07) is 3.87. The van der Waals surface area contributed by atoms with Crippen molar-refractivity contribution in [3.8, 4) is 5.82 Å². The first-order valence-electron chi connectivity index (χ1n) is 6.56. The predicted molar refractivity (Wildman–Crippen MR) is 74.6 cm³/mol. The smallest absolute Gasteiger partial charge is 0.317 e. The fourth-order valence-corrected chi connectivity index (χ4v) is 2.04. The van der Waals surface area contributed by atoms with Gasteiger partial charge in [-0.15, -0.1) is 0 Å². The summed E-state index contributed by atoms with van der Waals surface area (Å²) in [7, 11) is 0. The Kier molecular flexibility index (Phi) is 4.84. The van der Waals surface area contributed by atoms with Crippen LogP contribution < -0.4 is 0 Å². The number of carboxylic acid groups (broad SMARTS) is 1. The van der Waals surface area contributed by atoms with Crippen molar-refractivity contribution >= 4 is 5.97 Å². The highest BCUT2D eigenvalue weighted by atomic mass is 16.4. The Morgan fingerprint density at radius 2 is 2.30 bits per heavy atom. The van der Waals surface area contributed by atoms with Crippen LogP contribution in [0.25, 0.3) is 5.82 Å². The molecule has 0 aliphatic carbocycles. The van der Waals surface area contributed by atoms with Crippen LogP contribution in [0.3, 0.4) is 0 Å². The van der Waals surface area contributed by atoms with Crippen LogP contribution in [0.5, 0.6) is 0 Å². The number of carbonyl (C=O) groups is 1. The topological polar surface area (TPSA) is 71.2 Å². The SMILES string of the molecule is CCCN(CC(=O)O)Cc1ccc(-n2ccnc2)nc1. The Bertz CT molecular complexity index is 537. The molecule has 2 rings (SSSR count). The molecule has 2 aromatic heterocycles. The van der Waals surface area contributed by atoms with Crippen LogP contribution in [-0.4, -0.2) is 43.6 Å². The van der Waals surface area contributed by atoms with Gasteiger partial charge in [0.25, 0.3) is 0 Å². The molecular weight excluding hydrogens is 256 g/mol. The normalized spacial score (nSPS) is 10.9. The summed E-state index contributed by atoms with van der Waals surface area (Å²) in [6.45, 7) is 3.44. The molecule has 106 valence electrons. The Labute approximate surface area is 117 Å². The first-order valence-corrected chi connectivity index (χ1v) is 6.56. The maximum Gasteiger partial charge on any atom is 0.317 e. The lowest BCUT2D eigenvalue weighted by molar-refractivity contribution is -0.138. The van der Waals surface area contributed by atoms with Crippen molar-refractivity contribution < 1.29 is 9.90 Å². The van der Waals surface area contributed by atoms with Crippen LogP contribution in [0.2, 0.25) is 0 Å². The Hall–Kier alpha value is -2.21. The maximum absolute atomic E-state index is 10.8. The molecule has 0 spiro atoms. The number of hydrogen-bond donors (Lipinski definition) is 1. The van der Waals surface area contributed by atoms with E-state index in [2.05, 4.69) is 9.97 Å². The van der Waals surface area contributed by atoms with Gasteiger partial charge < -0.3 is 5.11 Å². The van der Waals surface area contributed by atoms with Gasteiger partial charge in [-0.3, -0.25) is 14.3 Å². The van der Waals surface area contributed by atoms with E-state index in [1.165, 1.54) is 0 Å². The molecule has 2 aromatic rings. The van der Waals surface area contributed by atoms with Crippen molar-refractivity contribution in [3.05, 3.63) is 42.6 Å². The molecule has 0 saturated heterocycles. The van der Waals surface area contributed by atoms with E-state index >= 15 is 0 Å². The number of hydrogen-bond acceptors (Lipinski definition) is 4. The van der Waals surface area contributed by atoms with Crippen molar-refractivity contribution in [1.82, 2.24) is 19.4 Å². The molecule has 0 aromatic carbocycles. The standard InChI is InChI=1S/C14H18N4O2/c1-2-6-17(10-14(19)20)9-12-3-4-13(16-8-12)18-7-5-15-11-18/h3-5,7-8,11H,2,6,9-10H2,1H3,(H,19,20). The molecular formula is C14H18N4O2. The second-order valence-electron chi connectivity index (χ2n) is 4.60. The van der Waals surface area contributed by atoms with Gasteiger partial charge in [0, 0.05) is 25.1 Å². The van der Waals surface area contributed by atoms with Crippen LogP contribution in [0.15, 0.2) is 37.1 Å². The molecule has 0 aliphatic heterocycles. The first kappa shape index (κ1) is 14.2. The van der Waals surface area contributed by atoms with Crippen molar-refractivity contribution in [2.24, 2.45) is 0 Å². The van der Waals surface area contributed by atoms with E-state index in [4.69, 9.17) is 5.11 Å². The molecule has 0 radical (unpaired) electrons. The molecule has 0 fully saturated rings. The lowest BCUT2D eigenvalue weighted by atomic mass is 10.2. The van der Waals surface area contributed by atoms with E-state index in [0.717, 1.165) is 24.3 Å². The number of nitrogens with zero attached hydrogens (tertiary/aromatic N) is 4. The van der Waals surface area contributed by atoms with Crippen molar-refractivity contribution in [1.29, 1.82) is 0 Å². The van der Waals surface area contributed by atoms with E-state index in [9.17, 15) is 4.79 Å². The first-order chi connectivity index (χ1) is 9.69. The van der Waals surface area contributed by atoms with Gasteiger partial charge in [-0.1, -0.05) is 13.0 Å². The summed E-state index contributed by atoms with van der Waals surface area (Å²) in [4.78, 5) is 21.1. The third kappa shape index (κ3) is 3.89. The van der Waals surface area contributed by atoms with E-state index in [1.54, 1.807) is 18.7 Å². The minimum atomic E-state index is -0.804. The lowest BCUT2D eigenvalue weighted by Gasteiger charge is -2.19. The average molecular weight is 274 g/mol. The van der Waals surface area contributed by atoms with E-state index in [0.29, 0.717) is 6.54 Å². The van der Waals surface area contributed by atoms with Crippen molar-refractivity contribution in [2.45, 2.75) is 19.9 Å². The summed E-state index contributed by atoms with van der Waals surface area (Å²) >= 11 is 0. The van der Waals surface area contributed by atoms with Gasteiger partial charge in [0.1, 0.15) is 12.1 Å². The monoisotopic (exact) mass is 274 g/mol. The summed E-state index contributed by atoms with van der Waals surface area (Å²) < 4.78 is 1.82. The van der Waals surface area contributed by atoms with Crippen molar-refractivity contribution in [3.63, 3.8) is 0 Å². The average Bonchev–Trinajstić information content (AvgIpc) is 2.93. The number of aromatic nitrogens is 3. The molecule has 6 heteroatoms. The zero-order valence-electron chi connectivity index (χ0n) is 11.4. The molecule has 2 heterocycles. The number of aliphatic carboxylic acids is 1. The predicted octanol–water partition coefficient (Wildman–Crippen LogP) is 1.56. The largest absolute Gasteiger partial charge is 0.480 e. The van der Waals surface area contributed by atoms with E-state index in [1.807, 2.05) is 34.7 Å². The molecule has 20 heavy (non-hydrogen) atoms. The minimum Gasteiger partial charge on any atom is -0.480 e. The zero-order chi connectivity index (χ0) is 14.4. The zero-order valence-corrected chi connectivity index (χ0v) is 11.4.